The second-order valence-electron chi connectivity index (χ2n) is 4.69. The summed E-state index contributed by atoms with van der Waals surface area (Å²) >= 11 is 0. The molecule has 9 heteroatoms. The fourth-order valence-corrected chi connectivity index (χ4v) is 2.19. The van der Waals surface area contributed by atoms with E-state index in [0.717, 1.165) is 0 Å². The Labute approximate surface area is 119 Å². The maximum Gasteiger partial charge on any atom is 0.358 e. The summed E-state index contributed by atoms with van der Waals surface area (Å²) in [6.45, 7) is 1.11. The van der Waals surface area contributed by atoms with Gasteiger partial charge in [-0.05, 0) is 12.1 Å². The number of aromatic nitrogens is 4. The third-order valence-corrected chi connectivity index (χ3v) is 3.32. The minimum Gasteiger partial charge on any atom is -0.476 e. The first-order valence-corrected chi connectivity index (χ1v) is 6.21. The lowest BCUT2D eigenvalue weighted by Gasteiger charge is -2.40. The maximum absolute atomic E-state index is 11.4. The summed E-state index contributed by atoms with van der Waals surface area (Å²) in [6, 6.07) is 3.27. The number of amides is 1. The topological polar surface area (TPSA) is 127 Å². The number of pyridine rings is 1. The van der Waals surface area contributed by atoms with Gasteiger partial charge in [0.2, 0.25) is 0 Å². The Balaban J connectivity index is 1.73. The first-order valence-electron chi connectivity index (χ1n) is 6.21. The van der Waals surface area contributed by atoms with E-state index in [2.05, 4.69) is 15.3 Å². The summed E-state index contributed by atoms with van der Waals surface area (Å²) in [5, 5.41) is 16.2. The van der Waals surface area contributed by atoms with Crippen LogP contribution in [0, 0.1) is 0 Å². The molecule has 9 nitrogen and oxygen atoms in total. The molecule has 3 rings (SSSR count). The number of carbonyl (C=O) groups excluding carboxylic acids is 1. The first-order chi connectivity index (χ1) is 10.1. The van der Waals surface area contributed by atoms with Crippen LogP contribution in [0.15, 0.2) is 24.5 Å². The number of nitrogens with zero attached hydrogens (tertiary/aromatic N) is 5. The third-order valence-electron chi connectivity index (χ3n) is 3.32. The molecule has 108 valence electrons. The molecule has 1 saturated heterocycles. The van der Waals surface area contributed by atoms with E-state index in [9.17, 15) is 9.59 Å². The quantitative estimate of drug-likeness (QED) is 0.778. The second-order valence-corrected chi connectivity index (χ2v) is 4.69. The average molecular weight is 288 g/mol. The number of rotatable bonds is 4. The molecule has 21 heavy (non-hydrogen) atoms. The van der Waals surface area contributed by atoms with Crippen molar-refractivity contribution in [3.63, 3.8) is 0 Å². The summed E-state index contributed by atoms with van der Waals surface area (Å²) in [5.41, 5.74) is 5.58. The number of nitrogens with two attached hydrogens (primary N) is 1. The monoisotopic (exact) mass is 288 g/mol. The van der Waals surface area contributed by atoms with Gasteiger partial charge in [0, 0.05) is 19.3 Å². The summed E-state index contributed by atoms with van der Waals surface area (Å²) < 4.78 is 1.51. The minimum absolute atomic E-state index is 0.00617. The smallest absolute Gasteiger partial charge is 0.358 e. The van der Waals surface area contributed by atoms with Crippen LogP contribution in [0.5, 0.6) is 0 Å². The summed E-state index contributed by atoms with van der Waals surface area (Å²) in [7, 11) is 0. The molecule has 0 spiro atoms. The highest BCUT2D eigenvalue weighted by Crippen LogP contribution is 2.28. The van der Waals surface area contributed by atoms with Crippen molar-refractivity contribution in [2.45, 2.75) is 6.04 Å². The van der Waals surface area contributed by atoms with Crippen molar-refractivity contribution in [3.05, 3.63) is 35.8 Å². The standard InChI is InChI=1S/C12H12N6O3/c13-10(19)8-2-1-3-14-11(8)17-4-7(5-17)18-6-9(12(20)21)15-16-18/h1-3,6-7H,4-5H2,(H2,13,19)(H,20,21). The van der Waals surface area contributed by atoms with Crippen LogP contribution < -0.4 is 10.6 Å². The van der Waals surface area contributed by atoms with E-state index in [4.69, 9.17) is 10.8 Å². The number of hydrogen-bond donors (Lipinski definition) is 2. The lowest BCUT2D eigenvalue weighted by atomic mass is 10.1. The number of hydrogen-bond acceptors (Lipinski definition) is 6. The molecule has 0 saturated carbocycles. The van der Waals surface area contributed by atoms with E-state index in [1.165, 1.54) is 10.9 Å². The van der Waals surface area contributed by atoms with Gasteiger partial charge in [0.15, 0.2) is 5.69 Å². The number of carbonyl (C=O) groups is 2. The molecule has 2 aromatic heterocycles. The molecule has 1 amide bonds. The SMILES string of the molecule is NC(=O)c1cccnc1N1CC(n2cc(C(=O)O)nn2)C1. The molecule has 0 atom stereocenters. The zero-order valence-electron chi connectivity index (χ0n) is 10.9. The minimum atomic E-state index is -1.11. The molecule has 2 aromatic rings. The molecule has 3 N–H and O–H groups in total. The fraction of sp³-hybridized carbons (Fsp3) is 0.250. The molecule has 0 radical (unpaired) electrons. The Hall–Kier alpha value is -2.97. The highest BCUT2D eigenvalue weighted by atomic mass is 16.4. The van der Waals surface area contributed by atoms with Crippen LogP contribution in [-0.2, 0) is 0 Å². The predicted octanol–water partition coefficient (Wildman–Crippen LogP) is -0.469. The van der Waals surface area contributed by atoms with Gasteiger partial charge >= 0.3 is 5.97 Å². The molecular formula is C12H12N6O3. The van der Waals surface area contributed by atoms with E-state index >= 15 is 0 Å². The van der Waals surface area contributed by atoms with Crippen LogP contribution in [0.25, 0.3) is 0 Å². The van der Waals surface area contributed by atoms with Gasteiger partial charge in [-0.25, -0.2) is 14.5 Å². The van der Waals surface area contributed by atoms with Gasteiger partial charge in [-0.1, -0.05) is 5.21 Å². The molecule has 0 aromatic carbocycles. The largest absolute Gasteiger partial charge is 0.476 e. The van der Waals surface area contributed by atoms with Crippen LogP contribution in [0.4, 0.5) is 5.82 Å². The van der Waals surface area contributed by atoms with Gasteiger partial charge in [-0.2, -0.15) is 0 Å². The van der Waals surface area contributed by atoms with Crippen LogP contribution in [-0.4, -0.2) is 50.1 Å². The number of carboxylic acids is 1. The summed E-state index contributed by atoms with van der Waals surface area (Å²) in [6.07, 6.45) is 2.98. The van der Waals surface area contributed by atoms with Gasteiger partial charge in [0.05, 0.1) is 17.8 Å². The molecule has 0 aliphatic carbocycles. The highest BCUT2D eigenvalue weighted by Gasteiger charge is 2.32. The average Bonchev–Trinajstić information content (AvgIpc) is 2.87. The second kappa shape index (κ2) is 4.85. The molecule has 1 aliphatic heterocycles. The Kier molecular flexibility index (Phi) is 3.01. The van der Waals surface area contributed by atoms with Crippen molar-refractivity contribution in [3.8, 4) is 0 Å². The Morgan fingerprint density at radius 1 is 1.38 bits per heavy atom. The number of aromatic carboxylic acids is 1. The number of anilines is 1. The normalized spacial score (nSPS) is 14.8. The van der Waals surface area contributed by atoms with E-state index in [1.807, 2.05) is 4.90 Å². The van der Waals surface area contributed by atoms with Crippen molar-refractivity contribution in [1.82, 2.24) is 20.0 Å². The van der Waals surface area contributed by atoms with Crippen molar-refractivity contribution in [2.24, 2.45) is 5.73 Å². The molecule has 0 bridgehead atoms. The lowest BCUT2D eigenvalue weighted by Crippen LogP contribution is -2.49. The zero-order chi connectivity index (χ0) is 15.0. The molecule has 3 heterocycles. The van der Waals surface area contributed by atoms with Crippen molar-refractivity contribution >= 4 is 17.7 Å². The maximum atomic E-state index is 11.4. The van der Waals surface area contributed by atoms with E-state index < -0.39 is 11.9 Å². The van der Waals surface area contributed by atoms with Gasteiger partial charge in [0.25, 0.3) is 5.91 Å². The fourth-order valence-electron chi connectivity index (χ4n) is 2.19. The lowest BCUT2D eigenvalue weighted by molar-refractivity contribution is 0.0690. The predicted molar refractivity (Wildman–Crippen MR) is 71.0 cm³/mol. The van der Waals surface area contributed by atoms with E-state index in [1.54, 1.807) is 18.3 Å². The van der Waals surface area contributed by atoms with Gasteiger partial charge < -0.3 is 15.7 Å². The van der Waals surface area contributed by atoms with E-state index in [-0.39, 0.29) is 11.7 Å². The molecule has 1 fully saturated rings. The van der Waals surface area contributed by atoms with E-state index in [0.29, 0.717) is 24.5 Å². The summed E-state index contributed by atoms with van der Waals surface area (Å²) in [4.78, 5) is 28.2. The zero-order valence-corrected chi connectivity index (χ0v) is 10.9. The Bertz CT molecular complexity index is 707. The van der Waals surface area contributed by atoms with Crippen LogP contribution in [0.2, 0.25) is 0 Å². The molecule has 0 unspecified atom stereocenters. The highest BCUT2D eigenvalue weighted by molar-refractivity contribution is 5.97. The van der Waals surface area contributed by atoms with Crippen LogP contribution >= 0.6 is 0 Å². The first kappa shape index (κ1) is 13.0. The van der Waals surface area contributed by atoms with Crippen LogP contribution in [0.3, 0.4) is 0 Å². The number of primary amides is 1. The van der Waals surface area contributed by atoms with Crippen molar-refractivity contribution in [1.29, 1.82) is 0 Å². The van der Waals surface area contributed by atoms with Gasteiger partial charge in [0.1, 0.15) is 5.82 Å². The van der Waals surface area contributed by atoms with Gasteiger partial charge in [-0.15, -0.1) is 5.10 Å². The Morgan fingerprint density at radius 2 is 2.14 bits per heavy atom. The van der Waals surface area contributed by atoms with Gasteiger partial charge in [-0.3, -0.25) is 4.79 Å². The van der Waals surface area contributed by atoms with Crippen LogP contribution in [0.1, 0.15) is 26.9 Å². The number of carboxylic acid groups (broad SMARTS) is 1. The van der Waals surface area contributed by atoms with Crippen molar-refractivity contribution < 1.29 is 14.7 Å². The van der Waals surface area contributed by atoms with Crippen molar-refractivity contribution in [2.75, 3.05) is 18.0 Å². The Morgan fingerprint density at radius 3 is 2.76 bits per heavy atom. The molecule has 1 aliphatic rings. The third kappa shape index (κ3) is 2.29. The molecular weight excluding hydrogens is 276 g/mol. The summed E-state index contributed by atoms with van der Waals surface area (Å²) in [5.74, 6) is -1.12.